The fraction of sp³-hybridized carbons (Fsp3) is 0.270. The molecule has 2 heterocycles. The molecule has 47 heavy (non-hydrogen) atoms. The van der Waals surface area contributed by atoms with Gasteiger partial charge < -0.3 is 19.9 Å². The molecule has 0 aliphatic carbocycles. The molecule has 0 radical (unpaired) electrons. The van der Waals surface area contributed by atoms with Crippen LogP contribution in [0.15, 0.2) is 109 Å². The van der Waals surface area contributed by atoms with Crippen LogP contribution in [0.3, 0.4) is 0 Å². The number of hydrogen-bond acceptors (Lipinski definition) is 5. The predicted octanol–water partition coefficient (Wildman–Crippen LogP) is 5.14. The van der Waals surface area contributed by atoms with E-state index in [2.05, 4.69) is 5.32 Å². The molecule has 0 unspecified atom stereocenters. The number of fused-ring (bicyclic) bond motifs is 1. The standard InChI is InChI=1S/C37H38ClN5O4/c1-47-32-18-14-28(15-19-32)22-33-36(45)40(21-20-27-12-16-31(38)17-13-27)25-34-42(33)35(44)26-41(24-30-10-6-3-7-11-30)43(34)37(46)39-23-29-8-4-2-5-9-29/h2-19,33-34H,20-26H2,1H3,(H,39,46)/t33-,34-/m0/s1. The number of piperazine rings is 1. The highest BCUT2D eigenvalue weighted by atomic mass is 35.5. The van der Waals surface area contributed by atoms with Gasteiger partial charge in [0.1, 0.15) is 18.0 Å². The van der Waals surface area contributed by atoms with E-state index >= 15 is 0 Å². The van der Waals surface area contributed by atoms with Gasteiger partial charge in [0.05, 0.1) is 20.2 Å². The van der Waals surface area contributed by atoms with Crippen LogP contribution in [-0.4, -0.2) is 76.6 Å². The molecule has 4 aromatic carbocycles. The summed E-state index contributed by atoms with van der Waals surface area (Å²) in [4.78, 5) is 45.9. The van der Waals surface area contributed by atoms with E-state index in [1.807, 2.05) is 109 Å². The molecule has 0 saturated carbocycles. The Morgan fingerprint density at radius 2 is 1.47 bits per heavy atom. The van der Waals surface area contributed by atoms with Crippen molar-refractivity contribution in [2.24, 2.45) is 0 Å². The summed E-state index contributed by atoms with van der Waals surface area (Å²) >= 11 is 6.11. The van der Waals surface area contributed by atoms with Crippen LogP contribution in [0.4, 0.5) is 4.79 Å². The monoisotopic (exact) mass is 651 g/mol. The summed E-state index contributed by atoms with van der Waals surface area (Å²) in [5.74, 6) is 0.376. The number of hydrogen-bond donors (Lipinski definition) is 1. The van der Waals surface area contributed by atoms with Crippen molar-refractivity contribution in [1.82, 2.24) is 25.1 Å². The molecule has 0 bridgehead atoms. The van der Waals surface area contributed by atoms with Crippen LogP contribution in [-0.2, 0) is 35.5 Å². The third-order valence-corrected chi connectivity index (χ3v) is 8.96. The van der Waals surface area contributed by atoms with Crippen molar-refractivity contribution >= 4 is 29.4 Å². The second-order valence-corrected chi connectivity index (χ2v) is 12.2. The van der Waals surface area contributed by atoms with Crippen LogP contribution < -0.4 is 10.1 Å². The first-order valence-corrected chi connectivity index (χ1v) is 16.1. The minimum atomic E-state index is -0.789. The highest BCUT2D eigenvalue weighted by molar-refractivity contribution is 6.30. The number of methoxy groups -OCH3 is 1. The van der Waals surface area contributed by atoms with Gasteiger partial charge in [-0.15, -0.1) is 0 Å². The summed E-state index contributed by atoms with van der Waals surface area (Å²) in [7, 11) is 1.61. The summed E-state index contributed by atoms with van der Waals surface area (Å²) in [6.07, 6.45) is 0.204. The molecule has 4 aromatic rings. The fourth-order valence-corrected chi connectivity index (χ4v) is 6.41. The summed E-state index contributed by atoms with van der Waals surface area (Å²) in [6.45, 7) is 1.25. The number of amides is 4. The molecule has 6 rings (SSSR count). The summed E-state index contributed by atoms with van der Waals surface area (Å²) in [5, 5.41) is 7.18. The third kappa shape index (κ3) is 7.59. The van der Waals surface area contributed by atoms with Gasteiger partial charge in [0.25, 0.3) is 0 Å². The number of ether oxygens (including phenoxy) is 1. The molecule has 0 aromatic heterocycles. The van der Waals surface area contributed by atoms with Gasteiger partial charge in [0.2, 0.25) is 11.8 Å². The molecule has 2 aliphatic rings. The average Bonchev–Trinajstić information content (AvgIpc) is 3.09. The zero-order valence-corrected chi connectivity index (χ0v) is 27.1. The molecule has 4 amide bonds. The molecule has 2 saturated heterocycles. The van der Waals surface area contributed by atoms with E-state index in [0.717, 1.165) is 22.3 Å². The molecule has 0 spiro atoms. The largest absolute Gasteiger partial charge is 0.497 e. The van der Waals surface area contributed by atoms with Gasteiger partial charge >= 0.3 is 6.03 Å². The highest BCUT2D eigenvalue weighted by Crippen LogP contribution is 2.30. The Morgan fingerprint density at radius 1 is 0.830 bits per heavy atom. The minimum Gasteiger partial charge on any atom is -0.497 e. The summed E-state index contributed by atoms with van der Waals surface area (Å²) in [6, 6.07) is 33.5. The summed E-state index contributed by atoms with van der Waals surface area (Å²) < 4.78 is 5.33. The van der Waals surface area contributed by atoms with Crippen molar-refractivity contribution in [3.05, 3.63) is 136 Å². The first-order valence-electron chi connectivity index (χ1n) is 15.8. The number of benzene rings is 4. The van der Waals surface area contributed by atoms with Crippen LogP contribution in [0, 0.1) is 0 Å². The molecule has 2 aliphatic heterocycles. The van der Waals surface area contributed by atoms with E-state index in [-0.39, 0.29) is 30.9 Å². The van der Waals surface area contributed by atoms with E-state index in [4.69, 9.17) is 16.3 Å². The van der Waals surface area contributed by atoms with Gasteiger partial charge in [-0.3, -0.25) is 9.59 Å². The third-order valence-electron chi connectivity index (χ3n) is 8.70. The maximum absolute atomic E-state index is 14.2. The lowest BCUT2D eigenvalue weighted by molar-refractivity contribution is -0.191. The van der Waals surface area contributed by atoms with E-state index in [0.29, 0.717) is 43.2 Å². The number of nitrogens with one attached hydrogen (secondary N) is 1. The maximum Gasteiger partial charge on any atom is 0.334 e. The van der Waals surface area contributed by atoms with Gasteiger partial charge in [-0.1, -0.05) is 96.5 Å². The Balaban J connectivity index is 1.33. The number of urea groups is 1. The lowest BCUT2D eigenvalue weighted by atomic mass is 9.98. The lowest BCUT2D eigenvalue weighted by Gasteiger charge is -2.55. The van der Waals surface area contributed by atoms with E-state index in [1.165, 1.54) is 0 Å². The first-order chi connectivity index (χ1) is 22.9. The van der Waals surface area contributed by atoms with E-state index < -0.39 is 12.2 Å². The van der Waals surface area contributed by atoms with Crippen molar-refractivity contribution in [1.29, 1.82) is 0 Å². The topological polar surface area (TPSA) is 85.4 Å². The van der Waals surface area contributed by atoms with Gasteiger partial charge in [-0.25, -0.2) is 14.8 Å². The predicted molar refractivity (Wildman–Crippen MR) is 180 cm³/mol. The highest BCUT2D eigenvalue weighted by Gasteiger charge is 2.51. The summed E-state index contributed by atoms with van der Waals surface area (Å²) in [5.41, 5.74) is 3.86. The number of carbonyl (C=O) groups excluding carboxylic acids is 3. The Hall–Kier alpha value is -4.86. The van der Waals surface area contributed by atoms with Crippen LogP contribution >= 0.6 is 11.6 Å². The van der Waals surface area contributed by atoms with Crippen LogP contribution in [0.1, 0.15) is 22.3 Å². The number of rotatable bonds is 10. The van der Waals surface area contributed by atoms with Crippen molar-refractivity contribution in [2.45, 2.75) is 38.1 Å². The molecule has 2 atom stereocenters. The molecule has 1 N–H and O–H groups in total. The zero-order valence-electron chi connectivity index (χ0n) is 26.3. The van der Waals surface area contributed by atoms with Crippen molar-refractivity contribution in [2.75, 3.05) is 26.7 Å². The lowest BCUT2D eigenvalue weighted by Crippen LogP contribution is -2.76. The Labute approximate surface area is 280 Å². The van der Waals surface area contributed by atoms with Crippen molar-refractivity contribution in [3.63, 3.8) is 0 Å². The van der Waals surface area contributed by atoms with Gasteiger partial charge in [-0.05, 0) is 52.9 Å². The van der Waals surface area contributed by atoms with Gasteiger partial charge in [0.15, 0.2) is 0 Å². The zero-order chi connectivity index (χ0) is 32.8. The van der Waals surface area contributed by atoms with E-state index in [1.54, 1.807) is 26.9 Å². The Morgan fingerprint density at radius 3 is 2.13 bits per heavy atom. The van der Waals surface area contributed by atoms with Crippen molar-refractivity contribution < 1.29 is 19.1 Å². The Kier molecular flexibility index (Phi) is 10.0. The quantitative estimate of drug-likeness (QED) is 0.257. The maximum atomic E-state index is 14.2. The number of halogens is 1. The molecule has 2 fully saturated rings. The molecular weight excluding hydrogens is 614 g/mol. The molecule has 242 valence electrons. The number of nitrogens with zero attached hydrogens (tertiary/aromatic N) is 4. The smallest absolute Gasteiger partial charge is 0.334 e. The average molecular weight is 652 g/mol. The number of hydrazine groups is 1. The van der Waals surface area contributed by atoms with Crippen molar-refractivity contribution in [3.8, 4) is 5.75 Å². The SMILES string of the molecule is COc1ccc(C[C@H]2C(=O)N(CCc3ccc(Cl)cc3)C[C@H]3N2C(=O)CN(Cc2ccccc2)N3C(=O)NCc2ccccc2)cc1. The van der Waals surface area contributed by atoms with E-state index in [9.17, 15) is 14.4 Å². The molecule has 10 heteroatoms. The molecule has 9 nitrogen and oxygen atoms in total. The van der Waals surface area contributed by atoms with Crippen LogP contribution in [0.5, 0.6) is 5.75 Å². The second kappa shape index (κ2) is 14.7. The normalized spacial score (nSPS) is 18.2. The van der Waals surface area contributed by atoms with Crippen LogP contribution in [0.25, 0.3) is 0 Å². The first kappa shape index (κ1) is 32.1. The molecular formula is C37H38ClN5O4. The Bertz CT molecular complexity index is 1670. The van der Waals surface area contributed by atoms with Crippen LogP contribution in [0.2, 0.25) is 5.02 Å². The fourth-order valence-electron chi connectivity index (χ4n) is 6.28. The second-order valence-electron chi connectivity index (χ2n) is 11.8. The van der Waals surface area contributed by atoms with Gasteiger partial charge in [0, 0.05) is 31.1 Å². The minimum absolute atomic E-state index is 0.0404. The van der Waals surface area contributed by atoms with Gasteiger partial charge in [-0.2, -0.15) is 0 Å². The number of carbonyl (C=O) groups is 3.